The minimum atomic E-state index is 0.521. The smallest absolute Gasteiger partial charge is 0.166 e. The van der Waals surface area contributed by atoms with Gasteiger partial charge in [-0.3, -0.25) is 0 Å². The summed E-state index contributed by atoms with van der Waals surface area (Å²) >= 11 is 5.51. The summed E-state index contributed by atoms with van der Waals surface area (Å²) in [7, 11) is 4.37. The molecule has 0 heterocycles. The van der Waals surface area contributed by atoms with Crippen molar-refractivity contribution in [3.8, 4) is 0 Å². The fourth-order valence-electron chi connectivity index (χ4n) is 3.54. The average Bonchev–Trinajstić information content (AvgIpc) is 2.40. The summed E-state index contributed by atoms with van der Waals surface area (Å²) in [6, 6.07) is 1.75. The van der Waals surface area contributed by atoms with Gasteiger partial charge >= 0.3 is 0 Å². The van der Waals surface area contributed by atoms with Gasteiger partial charge in [0.1, 0.15) is 0 Å². The highest BCUT2D eigenvalue weighted by molar-refractivity contribution is 7.80. The Morgan fingerprint density at radius 2 is 1.53 bits per heavy atom. The van der Waals surface area contributed by atoms with Crippen molar-refractivity contribution in [3.63, 3.8) is 0 Å². The third-order valence-electron chi connectivity index (χ3n) is 4.65. The maximum Gasteiger partial charge on any atom is 0.166 e. The topological polar surface area (TPSA) is 27.3 Å². The molecular formula is C15H29N3S. The molecule has 2 rings (SSSR count). The molecule has 19 heavy (non-hydrogen) atoms. The van der Waals surface area contributed by atoms with Gasteiger partial charge in [0.25, 0.3) is 0 Å². The normalized spacial score (nSPS) is 29.2. The van der Waals surface area contributed by atoms with Crippen molar-refractivity contribution in [2.75, 3.05) is 14.1 Å². The van der Waals surface area contributed by atoms with Crippen LogP contribution in [-0.4, -0.2) is 42.2 Å². The Kier molecular flexibility index (Phi) is 5.89. The van der Waals surface area contributed by atoms with Crippen LogP contribution in [0.5, 0.6) is 0 Å². The highest BCUT2D eigenvalue weighted by Gasteiger charge is 2.27. The highest BCUT2D eigenvalue weighted by atomic mass is 32.1. The third-order valence-corrected chi connectivity index (χ3v) is 4.89. The van der Waals surface area contributed by atoms with Crippen LogP contribution in [-0.2, 0) is 0 Å². The predicted octanol–water partition coefficient (Wildman–Crippen LogP) is 2.66. The van der Waals surface area contributed by atoms with E-state index in [1.165, 1.54) is 57.8 Å². The van der Waals surface area contributed by atoms with E-state index in [-0.39, 0.29) is 0 Å². The third kappa shape index (κ3) is 4.60. The Bertz CT molecular complexity index is 287. The molecular weight excluding hydrogens is 254 g/mol. The fourth-order valence-corrected chi connectivity index (χ4v) is 3.86. The van der Waals surface area contributed by atoms with Gasteiger partial charge in [0.15, 0.2) is 5.11 Å². The van der Waals surface area contributed by atoms with Gasteiger partial charge in [-0.2, -0.15) is 0 Å². The first-order chi connectivity index (χ1) is 9.16. The van der Waals surface area contributed by atoms with Gasteiger partial charge in [-0.25, -0.2) is 0 Å². The second kappa shape index (κ2) is 7.44. The lowest BCUT2D eigenvalue weighted by molar-refractivity contribution is 0.189. The van der Waals surface area contributed by atoms with Crippen molar-refractivity contribution in [3.05, 3.63) is 0 Å². The molecule has 2 N–H and O–H groups in total. The van der Waals surface area contributed by atoms with E-state index in [9.17, 15) is 0 Å². The molecule has 2 aliphatic rings. The van der Waals surface area contributed by atoms with Gasteiger partial charge < -0.3 is 15.5 Å². The minimum absolute atomic E-state index is 0.521. The molecule has 0 bridgehead atoms. The summed E-state index contributed by atoms with van der Waals surface area (Å²) in [6.07, 6.45) is 11.9. The van der Waals surface area contributed by atoms with E-state index >= 15 is 0 Å². The van der Waals surface area contributed by atoms with Crippen LogP contribution < -0.4 is 10.6 Å². The fraction of sp³-hybridized carbons (Fsp3) is 0.933. The molecule has 2 aliphatic carbocycles. The van der Waals surface area contributed by atoms with Gasteiger partial charge in [0, 0.05) is 18.1 Å². The Balaban J connectivity index is 1.79. The van der Waals surface area contributed by atoms with E-state index < -0.39 is 0 Å². The summed E-state index contributed by atoms with van der Waals surface area (Å²) in [5, 5.41) is 7.98. The van der Waals surface area contributed by atoms with Crippen molar-refractivity contribution in [1.82, 2.24) is 15.5 Å². The van der Waals surface area contributed by atoms with Gasteiger partial charge in [-0.05, 0) is 52.0 Å². The Hall–Kier alpha value is -0.350. The van der Waals surface area contributed by atoms with Crippen molar-refractivity contribution in [1.29, 1.82) is 0 Å². The minimum Gasteiger partial charge on any atom is -0.360 e. The molecule has 1 unspecified atom stereocenters. The van der Waals surface area contributed by atoms with Gasteiger partial charge in [-0.1, -0.05) is 32.1 Å². The number of hydrogen-bond donors (Lipinski definition) is 2. The molecule has 0 saturated heterocycles. The van der Waals surface area contributed by atoms with E-state index in [0.717, 1.165) is 5.11 Å². The van der Waals surface area contributed by atoms with E-state index in [1.807, 2.05) is 0 Å². The van der Waals surface area contributed by atoms with Crippen LogP contribution in [0.1, 0.15) is 57.8 Å². The van der Waals surface area contributed by atoms with Crippen LogP contribution in [0.15, 0.2) is 0 Å². The van der Waals surface area contributed by atoms with Crippen molar-refractivity contribution >= 4 is 17.3 Å². The maximum atomic E-state index is 5.51. The monoisotopic (exact) mass is 283 g/mol. The van der Waals surface area contributed by atoms with Gasteiger partial charge in [0.2, 0.25) is 0 Å². The Morgan fingerprint density at radius 1 is 0.895 bits per heavy atom. The first kappa shape index (κ1) is 15.0. The van der Waals surface area contributed by atoms with Crippen LogP contribution in [0.25, 0.3) is 0 Å². The Morgan fingerprint density at radius 3 is 2.21 bits per heavy atom. The predicted molar refractivity (Wildman–Crippen MR) is 85.5 cm³/mol. The lowest BCUT2D eigenvalue weighted by atomic mass is 9.89. The zero-order valence-electron chi connectivity index (χ0n) is 12.5. The molecule has 0 aromatic heterocycles. The number of nitrogens with one attached hydrogen (secondary N) is 2. The second-order valence-electron chi connectivity index (χ2n) is 6.37. The summed E-state index contributed by atoms with van der Waals surface area (Å²) in [4.78, 5) is 2.35. The number of rotatable bonds is 3. The molecule has 2 atom stereocenters. The molecule has 0 aromatic carbocycles. The lowest BCUT2D eigenvalue weighted by Crippen LogP contribution is -2.54. The molecule has 0 aromatic rings. The van der Waals surface area contributed by atoms with E-state index in [1.54, 1.807) is 0 Å². The largest absolute Gasteiger partial charge is 0.360 e. The standard InChI is InChI=1S/C15H29N3S/c1-18(2)14-11-7-6-10-13(14)17-15(19)16-12-8-4-3-5-9-12/h12-14H,3-11H2,1-2H3,(H2,16,17,19)/t13?,14-/m1/s1. The van der Waals surface area contributed by atoms with Crippen LogP contribution >= 0.6 is 12.2 Å². The van der Waals surface area contributed by atoms with Gasteiger partial charge in [-0.15, -0.1) is 0 Å². The van der Waals surface area contributed by atoms with E-state index in [2.05, 4.69) is 29.6 Å². The first-order valence-corrected chi connectivity index (χ1v) is 8.31. The van der Waals surface area contributed by atoms with Gasteiger partial charge in [0.05, 0.1) is 0 Å². The zero-order chi connectivity index (χ0) is 13.7. The zero-order valence-corrected chi connectivity index (χ0v) is 13.3. The molecule has 4 heteroatoms. The molecule has 2 saturated carbocycles. The molecule has 2 fully saturated rings. The highest BCUT2D eigenvalue weighted by Crippen LogP contribution is 2.22. The molecule has 110 valence electrons. The van der Waals surface area contributed by atoms with Crippen LogP contribution in [0.4, 0.5) is 0 Å². The lowest BCUT2D eigenvalue weighted by Gasteiger charge is -2.37. The molecule has 0 amide bonds. The average molecular weight is 283 g/mol. The van der Waals surface area contributed by atoms with E-state index in [4.69, 9.17) is 12.2 Å². The summed E-state index contributed by atoms with van der Waals surface area (Å²) in [6.45, 7) is 0. The van der Waals surface area contributed by atoms with Crippen LogP contribution in [0, 0.1) is 0 Å². The summed E-state index contributed by atoms with van der Waals surface area (Å²) in [5.74, 6) is 0. The number of thiocarbonyl (C=S) groups is 1. The molecule has 0 spiro atoms. The van der Waals surface area contributed by atoms with Crippen LogP contribution in [0.3, 0.4) is 0 Å². The summed E-state index contributed by atoms with van der Waals surface area (Å²) in [5.41, 5.74) is 0. The molecule has 3 nitrogen and oxygen atoms in total. The molecule has 0 aliphatic heterocycles. The number of likely N-dealkylation sites (N-methyl/N-ethyl adjacent to an activating group) is 1. The van der Waals surface area contributed by atoms with Crippen molar-refractivity contribution in [2.45, 2.75) is 75.9 Å². The Labute approximate surface area is 123 Å². The van der Waals surface area contributed by atoms with E-state index in [0.29, 0.717) is 18.1 Å². The van der Waals surface area contributed by atoms with Crippen LogP contribution in [0.2, 0.25) is 0 Å². The SMILES string of the molecule is CN(C)[C@@H]1CCCCC1NC(=S)NC1CCCCC1. The number of hydrogen-bond acceptors (Lipinski definition) is 2. The van der Waals surface area contributed by atoms with Crippen molar-refractivity contribution in [2.24, 2.45) is 0 Å². The maximum absolute atomic E-state index is 5.51. The molecule has 0 radical (unpaired) electrons. The second-order valence-corrected chi connectivity index (χ2v) is 6.78. The van der Waals surface area contributed by atoms with Crippen molar-refractivity contribution < 1.29 is 0 Å². The summed E-state index contributed by atoms with van der Waals surface area (Å²) < 4.78 is 0. The number of nitrogens with zero attached hydrogens (tertiary/aromatic N) is 1. The first-order valence-electron chi connectivity index (χ1n) is 7.90. The quantitative estimate of drug-likeness (QED) is 0.779.